The molecule has 0 aliphatic heterocycles. The van der Waals surface area contributed by atoms with Crippen LogP contribution in [0.4, 0.5) is 0 Å². The molecule has 1 fully saturated rings. The molecule has 0 aromatic rings. The van der Waals surface area contributed by atoms with Crippen molar-refractivity contribution in [2.24, 2.45) is 0 Å². The first-order valence-corrected chi connectivity index (χ1v) is 6.52. The van der Waals surface area contributed by atoms with Gasteiger partial charge in [-0.3, -0.25) is 0 Å². The van der Waals surface area contributed by atoms with Crippen molar-refractivity contribution in [2.75, 3.05) is 25.4 Å². The molecule has 1 rings (SSSR count). The quantitative estimate of drug-likeness (QED) is 0.622. The summed E-state index contributed by atoms with van der Waals surface area (Å²) in [6.07, 6.45) is 7.21. The maximum absolute atomic E-state index is 8.58. The fraction of sp³-hybridized carbons (Fsp3) is 1.00. The Morgan fingerprint density at radius 3 is 2.62 bits per heavy atom. The normalized spacial score (nSPS) is 19.2. The molecule has 3 heteroatoms. The highest BCUT2D eigenvalue weighted by atomic mass is 32.2. The van der Waals surface area contributed by atoms with Gasteiger partial charge in [-0.15, -0.1) is 0 Å². The lowest BCUT2D eigenvalue weighted by molar-refractivity contribution is -0.651. The molecule has 0 unspecified atom stereocenters. The van der Waals surface area contributed by atoms with Crippen LogP contribution in [-0.4, -0.2) is 35.8 Å². The molecule has 0 spiro atoms. The first kappa shape index (κ1) is 11.3. The Labute approximate surface area is 85.5 Å². The topological polar surface area (TPSA) is 36.8 Å². The predicted molar refractivity (Wildman–Crippen MR) is 58.1 cm³/mol. The van der Waals surface area contributed by atoms with Crippen molar-refractivity contribution in [3.8, 4) is 0 Å². The minimum atomic E-state index is 0.314. The third-order valence-corrected chi connectivity index (χ3v) is 3.98. The van der Waals surface area contributed by atoms with Gasteiger partial charge in [0.15, 0.2) is 0 Å². The number of aliphatic hydroxyl groups is 1. The van der Waals surface area contributed by atoms with Crippen molar-refractivity contribution in [3.05, 3.63) is 0 Å². The zero-order valence-corrected chi connectivity index (χ0v) is 9.19. The van der Waals surface area contributed by atoms with Crippen LogP contribution in [0.2, 0.25) is 0 Å². The second-order valence-corrected chi connectivity index (χ2v) is 5.13. The second kappa shape index (κ2) is 7.65. The molecule has 0 aromatic carbocycles. The summed E-state index contributed by atoms with van der Waals surface area (Å²) in [5.41, 5.74) is 0. The van der Waals surface area contributed by atoms with Crippen LogP contribution in [0.1, 0.15) is 32.1 Å². The molecule has 0 bridgehead atoms. The number of nitrogens with two attached hydrogens (primary N) is 1. The highest BCUT2D eigenvalue weighted by molar-refractivity contribution is 7.99. The maximum atomic E-state index is 8.58. The molecular formula is C10H22NOS+. The van der Waals surface area contributed by atoms with Gasteiger partial charge in [0.1, 0.15) is 0 Å². The average molecular weight is 204 g/mol. The third kappa shape index (κ3) is 5.55. The van der Waals surface area contributed by atoms with Gasteiger partial charge in [0.25, 0.3) is 0 Å². The van der Waals surface area contributed by atoms with Gasteiger partial charge in [-0.25, -0.2) is 0 Å². The van der Waals surface area contributed by atoms with E-state index in [0.717, 1.165) is 11.8 Å². The van der Waals surface area contributed by atoms with E-state index in [4.69, 9.17) is 5.11 Å². The molecule has 1 aliphatic rings. The van der Waals surface area contributed by atoms with E-state index in [2.05, 4.69) is 17.1 Å². The van der Waals surface area contributed by atoms with E-state index < -0.39 is 0 Å². The highest BCUT2D eigenvalue weighted by Gasteiger charge is 2.13. The SMILES string of the molecule is OCC[NH2+]CCSC1CCCCC1. The lowest BCUT2D eigenvalue weighted by Gasteiger charge is -2.20. The smallest absolute Gasteiger partial charge is 0.0990 e. The van der Waals surface area contributed by atoms with Gasteiger partial charge in [0.2, 0.25) is 0 Å². The number of thioether (sulfide) groups is 1. The van der Waals surface area contributed by atoms with Gasteiger partial charge in [-0.05, 0) is 12.8 Å². The Balaban J connectivity index is 1.86. The maximum Gasteiger partial charge on any atom is 0.0990 e. The Hall–Kier alpha value is 0.270. The van der Waals surface area contributed by atoms with Crippen LogP contribution in [0.15, 0.2) is 0 Å². The van der Waals surface area contributed by atoms with E-state index in [1.807, 2.05) is 0 Å². The molecule has 0 radical (unpaired) electrons. The average Bonchev–Trinajstić information content (AvgIpc) is 2.19. The van der Waals surface area contributed by atoms with Gasteiger partial charge < -0.3 is 10.4 Å². The summed E-state index contributed by atoms with van der Waals surface area (Å²) in [6, 6.07) is 0. The highest BCUT2D eigenvalue weighted by Crippen LogP contribution is 2.27. The summed E-state index contributed by atoms with van der Waals surface area (Å²) < 4.78 is 0. The summed E-state index contributed by atoms with van der Waals surface area (Å²) >= 11 is 2.13. The summed E-state index contributed by atoms with van der Waals surface area (Å²) in [7, 11) is 0. The third-order valence-electron chi connectivity index (χ3n) is 2.56. The van der Waals surface area contributed by atoms with Crippen molar-refractivity contribution >= 4 is 11.8 Å². The Bertz CT molecular complexity index is 115. The van der Waals surface area contributed by atoms with Gasteiger partial charge >= 0.3 is 0 Å². The molecular weight excluding hydrogens is 182 g/mol. The van der Waals surface area contributed by atoms with Gasteiger partial charge in [0, 0.05) is 11.0 Å². The number of aliphatic hydroxyl groups excluding tert-OH is 1. The van der Waals surface area contributed by atoms with Crippen molar-refractivity contribution in [3.63, 3.8) is 0 Å². The van der Waals surface area contributed by atoms with E-state index in [0.29, 0.717) is 6.61 Å². The van der Waals surface area contributed by atoms with E-state index in [-0.39, 0.29) is 0 Å². The van der Waals surface area contributed by atoms with Crippen LogP contribution >= 0.6 is 11.8 Å². The monoisotopic (exact) mass is 204 g/mol. The van der Waals surface area contributed by atoms with Crippen LogP contribution in [0.5, 0.6) is 0 Å². The first-order chi connectivity index (χ1) is 6.43. The molecule has 78 valence electrons. The number of hydrogen-bond donors (Lipinski definition) is 2. The van der Waals surface area contributed by atoms with Gasteiger partial charge in [-0.2, -0.15) is 11.8 Å². The zero-order chi connectivity index (χ0) is 9.36. The van der Waals surface area contributed by atoms with Crippen LogP contribution in [0.25, 0.3) is 0 Å². The lowest BCUT2D eigenvalue weighted by Crippen LogP contribution is -2.85. The van der Waals surface area contributed by atoms with Crippen LogP contribution in [-0.2, 0) is 0 Å². The van der Waals surface area contributed by atoms with Crippen LogP contribution in [0, 0.1) is 0 Å². The number of rotatable bonds is 6. The van der Waals surface area contributed by atoms with Crippen molar-refractivity contribution < 1.29 is 10.4 Å². The van der Waals surface area contributed by atoms with E-state index in [1.54, 1.807) is 0 Å². The Morgan fingerprint density at radius 1 is 1.15 bits per heavy atom. The molecule has 1 aliphatic carbocycles. The minimum absolute atomic E-state index is 0.314. The summed E-state index contributed by atoms with van der Waals surface area (Å²) in [5.74, 6) is 1.25. The van der Waals surface area contributed by atoms with E-state index in [9.17, 15) is 0 Å². The molecule has 13 heavy (non-hydrogen) atoms. The van der Waals surface area contributed by atoms with Crippen molar-refractivity contribution in [1.82, 2.24) is 0 Å². The molecule has 2 nitrogen and oxygen atoms in total. The molecule has 0 atom stereocenters. The molecule has 0 heterocycles. The van der Waals surface area contributed by atoms with Crippen molar-refractivity contribution in [1.29, 1.82) is 0 Å². The Morgan fingerprint density at radius 2 is 1.92 bits per heavy atom. The van der Waals surface area contributed by atoms with Crippen LogP contribution in [0.3, 0.4) is 0 Å². The summed E-state index contributed by atoms with van der Waals surface area (Å²) in [6.45, 7) is 2.35. The molecule has 0 amide bonds. The molecule has 1 saturated carbocycles. The van der Waals surface area contributed by atoms with Crippen LogP contribution < -0.4 is 5.32 Å². The fourth-order valence-corrected chi connectivity index (χ4v) is 3.09. The van der Waals surface area contributed by atoms with Crippen molar-refractivity contribution in [2.45, 2.75) is 37.4 Å². The number of quaternary nitrogens is 1. The Kier molecular flexibility index (Phi) is 6.68. The lowest BCUT2D eigenvalue weighted by atomic mass is 10.0. The van der Waals surface area contributed by atoms with E-state index in [1.165, 1.54) is 44.4 Å². The molecule has 0 aromatic heterocycles. The number of hydrogen-bond acceptors (Lipinski definition) is 2. The molecule has 0 saturated heterocycles. The van der Waals surface area contributed by atoms with Gasteiger partial charge in [-0.1, -0.05) is 19.3 Å². The standard InChI is InChI=1S/C10H21NOS/c12-8-6-11-7-9-13-10-4-2-1-3-5-10/h10-12H,1-9H2/p+1. The summed E-state index contributed by atoms with van der Waals surface area (Å²) in [4.78, 5) is 0. The largest absolute Gasteiger partial charge is 0.391 e. The molecule has 3 N–H and O–H groups in total. The van der Waals surface area contributed by atoms with Gasteiger partial charge in [0.05, 0.1) is 19.7 Å². The first-order valence-electron chi connectivity index (χ1n) is 5.47. The predicted octanol–water partition coefficient (Wildman–Crippen LogP) is 0.608. The second-order valence-electron chi connectivity index (χ2n) is 3.72. The zero-order valence-electron chi connectivity index (χ0n) is 8.37. The minimum Gasteiger partial charge on any atom is -0.391 e. The summed E-state index contributed by atoms with van der Waals surface area (Å²) in [5, 5.41) is 11.7. The fourth-order valence-electron chi connectivity index (χ4n) is 1.79. The van der Waals surface area contributed by atoms with E-state index >= 15 is 0 Å².